The molecule has 0 saturated carbocycles. The highest BCUT2D eigenvalue weighted by atomic mass is 19.2. The first-order valence-corrected chi connectivity index (χ1v) is 5.39. The van der Waals surface area contributed by atoms with Gasteiger partial charge < -0.3 is 5.32 Å². The van der Waals surface area contributed by atoms with E-state index < -0.39 is 17.5 Å². The third kappa shape index (κ3) is 3.76. The summed E-state index contributed by atoms with van der Waals surface area (Å²) in [6, 6.07) is 1.93. The van der Waals surface area contributed by atoms with Crippen molar-refractivity contribution in [3.05, 3.63) is 29.6 Å². The van der Waals surface area contributed by atoms with Crippen LogP contribution in [0.4, 0.5) is 18.9 Å². The smallest absolute Gasteiger partial charge is 0.194 e. The van der Waals surface area contributed by atoms with E-state index in [-0.39, 0.29) is 5.69 Å². The second-order valence-electron chi connectivity index (χ2n) is 4.22. The summed E-state index contributed by atoms with van der Waals surface area (Å²) < 4.78 is 38.3. The largest absolute Gasteiger partial charge is 0.385 e. The van der Waals surface area contributed by atoms with Gasteiger partial charge in [0.15, 0.2) is 17.5 Å². The van der Waals surface area contributed by atoms with Gasteiger partial charge in [-0.25, -0.2) is 13.2 Å². The minimum Gasteiger partial charge on any atom is -0.385 e. The second kappa shape index (κ2) is 5.77. The van der Waals surface area contributed by atoms with Crippen LogP contribution in [0.15, 0.2) is 12.1 Å². The van der Waals surface area contributed by atoms with Crippen molar-refractivity contribution in [3.63, 3.8) is 0 Å². The first-order chi connectivity index (χ1) is 7.50. The highest BCUT2D eigenvalue weighted by Crippen LogP contribution is 2.17. The SMILES string of the molecule is CC(C)CCCNc1cc(F)c(F)c(F)c1. The number of halogens is 3. The Balaban J connectivity index is 2.49. The Morgan fingerprint density at radius 3 is 2.19 bits per heavy atom. The van der Waals surface area contributed by atoms with Crippen molar-refractivity contribution in [2.75, 3.05) is 11.9 Å². The molecule has 0 bridgehead atoms. The van der Waals surface area contributed by atoms with Gasteiger partial charge in [0, 0.05) is 24.4 Å². The number of nitrogens with one attached hydrogen (secondary N) is 1. The fourth-order valence-corrected chi connectivity index (χ4v) is 1.40. The van der Waals surface area contributed by atoms with Crippen LogP contribution in [0.1, 0.15) is 26.7 Å². The molecule has 0 atom stereocenters. The molecule has 1 rings (SSSR count). The summed E-state index contributed by atoms with van der Waals surface area (Å²) in [5, 5.41) is 2.86. The molecule has 0 heterocycles. The first-order valence-electron chi connectivity index (χ1n) is 5.39. The van der Waals surface area contributed by atoms with Crippen LogP contribution in [-0.4, -0.2) is 6.54 Å². The second-order valence-corrected chi connectivity index (χ2v) is 4.22. The van der Waals surface area contributed by atoms with E-state index in [2.05, 4.69) is 19.2 Å². The van der Waals surface area contributed by atoms with Gasteiger partial charge in [0.25, 0.3) is 0 Å². The minimum absolute atomic E-state index is 0.278. The Labute approximate surface area is 93.7 Å². The Bertz CT molecular complexity index is 327. The Morgan fingerprint density at radius 1 is 1.12 bits per heavy atom. The van der Waals surface area contributed by atoms with E-state index >= 15 is 0 Å². The molecule has 1 aromatic rings. The van der Waals surface area contributed by atoms with Gasteiger partial charge in [0.05, 0.1) is 0 Å². The van der Waals surface area contributed by atoms with Crippen LogP contribution in [0.5, 0.6) is 0 Å². The van der Waals surface area contributed by atoms with E-state index in [0.717, 1.165) is 25.0 Å². The fourth-order valence-electron chi connectivity index (χ4n) is 1.40. The average Bonchev–Trinajstić information content (AvgIpc) is 2.20. The predicted octanol–water partition coefficient (Wildman–Crippen LogP) is 3.95. The van der Waals surface area contributed by atoms with Gasteiger partial charge in [-0.3, -0.25) is 0 Å². The van der Waals surface area contributed by atoms with Crippen molar-refractivity contribution < 1.29 is 13.2 Å². The number of hydrogen-bond donors (Lipinski definition) is 1. The van der Waals surface area contributed by atoms with Crippen LogP contribution in [0.2, 0.25) is 0 Å². The Hall–Kier alpha value is -1.19. The van der Waals surface area contributed by atoms with Crippen molar-refractivity contribution in [2.24, 2.45) is 5.92 Å². The van der Waals surface area contributed by atoms with Gasteiger partial charge in [0.2, 0.25) is 0 Å². The van der Waals surface area contributed by atoms with E-state index in [9.17, 15) is 13.2 Å². The zero-order valence-electron chi connectivity index (χ0n) is 9.49. The zero-order chi connectivity index (χ0) is 12.1. The average molecular weight is 231 g/mol. The molecule has 1 nitrogen and oxygen atoms in total. The monoisotopic (exact) mass is 231 g/mol. The summed E-state index contributed by atoms with van der Waals surface area (Å²) in [5.41, 5.74) is 0.278. The molecule has 0 unspecified atom stereocenters. The van der Waals surface area contributed by atoms with Gasteiger partial charge in [-0.15, -0.1) is 0 Å². The summed E-state index contributed by atoms with van der Waals surface area (Å²) >= 11 is 0. The maximum Gasteiger partial charge on any atom is 0.194 e. The van der Waals surface area contributed by atoms with E-state index in [1.54, 1.807) is 0 Å². The van der Waals surface area contributed by atoms with Crippen LogP contribution in [0.25, 0.3) is 0 Å². The number of benzene rings is 1. The van der Waals surface area contributed by atoms with Gasteiger partial charge >= 0.3 is 0 Å². The molecule has 0 aliphatic rings. The van der Waals surface area contributed by atoms with Crippen LogP contribution in [0, 0.1) is 23.4 Å². The molecule has 0 aliphatic heterocycles. The molecule has 90 valence electrons. The maximum absolute atomic E-state index is 12.8. The Morgan fingerprint density at radius 2 is 1.69 bits per heavy atom. The van der Waals surface area contributed by atoms with E-state index in [0.29, 0.717) is 12.5 Å². The number of hydrogen-bond acceptors (Lipinski definition) is 1. The van der Waals surface area contributed by atoms with Gasteiger partial charge in [-0.05, 0) is 18.8 Å². The van der Waals surface area contributed by atoms with Crippen LogP contribution in [-0.2, 0) is 0 Å². The molecule has 0 amide bonds. The summed E-state index contributed by atoms with van der Waals surface area (Å²) in [6.45, 7) is 4.84. The van der Waals surface area contributed by atoms with Crippen molar-refractivity contribution in [1.82, 2.24) is 0 Å². The molecule has 0 aliphatic carbocycles. The molecule has 0 aromatic heterocycles. The van der Waals surface area contributed by atoms with Gasteiger partial charge in [-0.2, -0.15) is 0 Å². The normalized spacial score (nSPS) is 10.9. The molecular formula is C12H16F3N. The highest BCUT2D eigenvalue weighted by Gasteiger charge is 2.09. The van der Waals surface area contributed by atoms with Crippen LogP contribution < -0.4 is 5.32 Å². The summed E-state index contributed by atoms with van der Waals surface area (Å²) in [6.07, 6.45) is 1.96. The molecule has 1 aromatic carbocycles. The third-order valence-corrected chi connectivity index (χ3v) is 2.27. The molecule has 16 heavy (non-hydrogen) atoms. The maximum atomic E-state index is 12.8. The van der Waals surface area contributed by atoms with Crippen molar-refractivity contribution >= 4 is 5.69 Å². The lowest BCUT2D eigenvalue weighted by molar-refractivity contribution is 0.447. The van der Waals surface area contributed by atoms with E-state index in [1.807, 2.05) is 0 Å². The van der Waals surface area contributed by atoms with Gasteiger partial charge in [0.1, 0.15) is 0 Å². The van der Waals surface area contributed by atoms with Crippen LogP contribution >= 0.6 is 0 Å². The molecule has 4 heteroatoms. The molecule has 0 fully saturated rings. The van der Waals surface area contributed by atoms with E-state index in [4.69, 9.17) is 0 Å². The summed E-state index contributed by atoms with van der Waals surface area (Å²) in [5.74, 6) is -3.14. The number of anilines is 1. The van der Waals surface area contributed by atoms with E-state index in [1.165, 1.54) is 0 Å². The van der Waals surface area contributed by atoms with Crippen molar-refractivity contribution in [1.29, 1.82) is 0 Å². The first kappa shape index (κ1) is 12.9. The molecule has 0 saturated heterocycles. The Kier molecular flexibility index (Phi) is 4.65. The summed E-state index contributed by atoms with van der Waals surface area (Å²) in [4.78, 5) is 0. The summed E-state index contributed by atoms with van der Waals surface area (Å²) in [7, 11) is 0. The standard InChI is InChI=1S/C12H16F3N/c1-8(2)4-3-5-16-9-6-10(13)12(15)11(14)7-9/h6-8,16H,3-5H2,1-2H3. The lowest BCUT2D eigenvalue weighted by Crippen LogP contribution is -2.04. The van der Waals surface area contributed by atoms with Crippen molar-refractivity contribution in [3.8, 4) is 0 Å². The zero-order valence-corrected chi connectivity index (χ0v) is 9.49. The van der Waals surface area contributed by atoms with Crippen molar-refractivity contribution in [2.45, 2.75) is 26.7 Å². The molecular weight excluding hydrogens is 215 g/mol. The quantitative estimate of drug-likeness (QED) is 0.597. The number of rotatable bonds is 5. The molecule has 0 radical (unpaired) electrons. The lowest BCUT2D eigenvalue weighted by atomic mass is 10.1. The minimum atomic E-state index is -1.42. The predicted molar refractivity (Wildman–Crippen MR) is 58.9 cm³/mol. The van der Waals surface area contributed by atoms with Crippen LogP contribution in [0.3, 0.4) is 0 Å². The topological polar surface area (TPSA) is 12.0 Å². The molecule has 0 spiro atoms. The fraction of sp³-hybridized carbons (Fsp3) is 0.500. The third-order valence-electron chi connectivity index (χ3n) is 2.27. The highest BCUT2D eigenvalue weighted by molar-refractivity contribution is 5.43. The van der Waals surface area contributed by atoms with Gasteiger partial charge in [-0.1, -0.05) is 13.8 Å². The molecule has 1 N–H and O–H groups in total. The lowest BCUT2D eigenvalue weighted by Gasteiger charge is -2.08.